The number of hydrogen-bond acceptors (Lipinski definition) is 2. The van der Waals surface area contributed by atoms with Crippen molar-refractivity contribution in [2.24, 2.45) is 0 Å². The molecule has 1 aromatic carbocycles. The van der Waals surface area contributed by atoms with E-state index in [-0.39, 0.29) is 0 Å². The second-order valence-electron chi connectivity index (χ2n) is 3.87. The Bertz CT molecular complexity index is 767. The standard InChI is InChI=1S/C13H11N3S/c1-2-7-16-12-9-5-3-4-6-10(9)14-8-11(12)15-13(16)17/h2-6,8H,1,7H2,(H,15,17). The van der Waals surface area contributed by atoms with Gasteiger partial charge in [0.15, 0.2) is 4.77 Å². The average Bonchev–Trinajstić information content (AvgIpc) is 2.67. The first-order valence-corrected chi connectivity index (χ1v) is 5.79. The zero-order valence-corrected chi connectivity index (χ0v) is 10.00. The Morgan fingerprint density at radius 1 is 1.41 bits per heavy atom. The molecule has 0 bridgehead atoms. The summed E-state index contributed by atoms with van der Waals surface area (Å²) in [4.78, 5) is 7.58. The Hall–Kier alpha value is -1.94. The van der Waals surface area contributed by atoms with Gasteiger partial charge in [-0.05, 0) is 18.3 Å². The van der Waals surface area contributed by atoms with Crippen molar-refractivity contribution < 1.29 is 0 Å². The van der Waals surface area contributed by atoms with Crippen LogP contribution in [0.2, 0.25) is 0 Å². The van der Waals surface area contributed by atoms with Crippen LogP contribution in [-0.2, 0) is 6.54 Å². The van der Waals surface area contributed by atoms with E-state index in [4.69, 9.17) is 12.2 Å². The van der Waals surface area contributed by atoms with Crippen molar-refractivity contribution in [2.75, 3.05) is 0 Å². The predicted octanol–water partition coefficient (Wildman–Crippen LogP) is 3.43. The smallest absolute Gasteiger partial charge is 0.178 e. The molecular weight excluding hydrogens is 230 g/mol. The van der Waals surface area contributed by atoms with Gasteiger partial charge in [-0.2, -0.15) is 0 Å². The van der Waals surface area contributed by atoms with Crippen molar-refractivity contribution in [1.29, 1.82) is 0 Å². The van der Waals surface area contributed by atoms with Crippen LogP contribution in [0, 0.1) is 4.77 Å². The number of aromatic amines is 1. The molecule has 2 heterocycles. The van der Waals surface area contributed by atoms with E-state index in [1.165, 1.54) is 0 Å². The third-order valence-corrected chi connectivity index (χ3v) is 3.14. The number of aromatic nitrogens is 3. The molecule has 0 atom stereocenters. The lowest BCUT2D eigenvalue weighted by Crippen LogP contribution is -1.95. The highest BCUT2D eigenvalue weighted by Gasteiger charge is 2.07. The SMILES string of the molecule is C=CCn1c(=S)[nH]c2cnc3ccccc3c21. The highest BCUT2D eigenvalue weighted by atomic mass is 32.1. The molecule has 1 N–H and O–H groups in total. The number of benzene rings is 1. The van der Waals surface area contributed by atoms with Crippen molar-refractivity contribution in [3.63, 3.8) is 0 Å². The number of H-pyrrole nitrogens is 1. The van der Waals surface area contributed by atoms with Crippen molar-refractivity contribution in [1.82, 2.24) is 14.5 Å². The van der Waals surface area contributed by atoms with Gasteiger partial charge in [0, 0.05) is 11.9 Å². The van der Waals surface area contributed by atoms with E-state index >= 15 is 0 Å². The quantitative estimate of drug-likeness (QED) is 0.551. The van der Waals surface area contributed by atoms with E-state index in [2.05, 4.69) is 22.6 Å². The normalized spacial score (nSPS) is 11.1. The van der Waals surface area contributed by atoms with Crippen LogP contribution in [0.4, 0.5) is 0 Å². The highest BCUT2D eigenvalue weighted by molar-refractivity contribution is 7.71. The number of nitrogens with zero attached hydrogens (tertiary/aromatic N) is 2. The number of rotatable bonds is 2. The van der Waals surface area contributed by atoms with Gasteiger partial charge in [0.25, 0.3) is 0 Å². The second-order valence-corrected chi connectivity index (χ2v) is 4.25. The monoisotopic (exact) mass is 241 g/mol. The van der Waals surface area contributed by atoms with Crippen LogP contribution in [-0.4, -0.2) is 14.5 Å². The summed E-state index contributed by atoms with van der Waals surface area (Å²) in [7, 11) is 0. The molecule has 2 aromatic heterocycles. The number of para-hydroxylation sites is 1. The molecule has 0 aliphatic heterocycles. The maximum atomic E-state index is 5.31. The molecule has 0 aliphatic rings. The highest BCUT2D eigenvalue weighted by Crippen LogP contribution is 2.23. The predicted molar refractivity (Wildman–Crippen MR) is 72.6 cm³/mol. The molecule has 0 unspecified atom stereocenters. The Morgan fingerprint density at radius 2 is 2.24 bits per heavy atom. The van der Waals surface area contributed by atoms with E-state index < -0.39 is 0 Å². The number of imidazole rings is 1. The largest absolute Gasteiger partial charge is 0.329 e. The molecule has 0 saturated heterocycles. The van der Waals surface area contributed by atoms with Crippen molar-refractivity contribution in [3.8, 4) is 0 Å². The second kappa shape index (κ2) is 3.82. The molecule has 3 aromatic rings. The lowest BCUT2D eigenvalue weighted by molar-refractivity contribution is 0.838. The van der Waals surface area contributed by atoms with Gasteiger partial charge in [0.05, 0.1) is 22.7 Å². The molecule has 0 saturated carbocycles. The Labute approximate surface area is 103 Å². The lowest BCUT2D eigenvalue weighted by atomic mass is 10.2. The van der Waals surface area contributed by atoms with E-state index in [1.807, 2.05) is 35.0 Å². The Morgan fingerprint density at radius 3 is 3.06 bits per heavy atom. The number of allylic oxidation sites excluding steroid dienone is 1. The fourth-order valence-electron chi connectivity index (χ4n) is 2.10. The van der Waals surface area contributed by atoms with Crippen LogP contribution < -0.4 is 0 Å². The number of pyridine rings is 1. The van der Waals surface area contributed by atoms with Gasteiger partial charge in [-0.3, -0.25) is 4.98 Å². The summed E-state index contributed by atoms with van der Waals surface area (Å²) >= 11 is 5.31. The van der Waals surface area contributed by atoms with Crippen molar-refractivity contribution >= 4 is 34.2 Å². The summed E-state index contributed by atoms with van der Waals surface area (Å²) in [5.74, 6) is 0. The third-order valence-electron chi connectivity index (χ3n) is 2.82. The molecule has 0 radical (unpaired) electrons. The van der Waals surface area contributed by atoms with Crippen LogP contribution in [0.3, 0.4) is 0 Å². The molecule has 0 aliphatic carbocycles. The van der Waals surface area contributed by atoms with Gasteiger partial charge in [0.1, 0.15) is 0 Å². The molecule has 4 heteroatoms. The fourth-order valence-corrected chi connectivity index (χ4v) is 2.37. The maximum Gasteiger partial charge on any atom is 0.178 e. The van der Waals surface area contributed by atoms with E-state index in [9.17, 15) is 0 Å². The fraction of sp³-hybridized carbons (Fsp3) is 0.0769. The van der Waals surface area contributed by atoms with Gasteiger partial charge in [0.2, 0.25) is 0 Å². The summed E-state index contributed by atoms with van der Waals surface area (Å²) in [5.41, 5.74) is 3.04. The molecule has 0 spiro atoms. The molecule has 84 valence electrons. The van der Waals surface area contributed by atoms with E-state index in [1.54, 1.807) is 0 Å². The topological polar surface area (TPSA) is 33.6 Å². The average molecular weight is 241 g/mol. The summed E-state index contributed by atoms with van der Waals surface area (Å²) in [6, 6.07) is 8.06. The third kappa shape index (κ3) is 1.49. The molecule has 3 nitrogen and oxygen atoms in total. The van der Waals surface area contributed by atoms with Gasteiger partial charge < -0.3 is 9.55 Å². The Kier molecular flexibility index (Phi) is 2.30. The minimum Gasteiger partial charge on any atom is -0.329 e. The first-order chi connectivity index (χ1) is 8.31. The summed E-state index contributed by atoms with van der Waals surface area (Å²) < 4.78 is 2.75. The van der Waals surface area contributed by atoms with Gasteiger partial charge in [-0.15, -0.1) is 6.58 Å². The summed E-state index contributed by atoms with van der Waals surface area (Å²) in [5, 5.41) is 1.11. The van der Waals surface area contributed by atoms with Crippen molar-refractivity contribution in [3.05, 3.63) is 47.9 Å². The molecule has 0 amide bonds. The van der Waals surface area contributed by atoms with Gasteiger partial charge in [-0.1, -0.05) is 24.3 Å². The molecule has 0 fully saturated rings. The summed E-state index contributed by atoms with van der Waals surface area (Å²) in [6.07, 6.45) is 3.67. The minimum atomic E-state index is 0.701. The first-order valence-electron chi connectivity index (χ1n) is 5.38. The van der Waals surface area contributed by atoms with E-state index in [0.717, 1.165) is 21.9 Å². The number of nitrogens with one attached hydrogen (secondary N) is 1. The number of hydrogen-bond donors (Lipinski definition) is 1. The first kappa shape index (κ1) is 10.2. The lowest BCUT2D eigenvalue weighted by Gasteiger charge is -2.03. The molecule has 17 heavy (non-hydrogen) atoms. The summed E-state index contributed by atoms with van der Waals surface area (Å²) in [6.45, 7) is 4.47. The van der Waals surface area contributed by atoms with Gasteiger partial charge >= 0.3 is 0 Å². The zero-order chi connectivity index (χ0) is 11.8. The zero-order valence-electron chi connectivity index (χ0n) is 9.18. The van der Waals surface area contributed by atoms with Gasteiger partial charge in [-0.25, -0.2) is 0 Å². The van der Waals surface area contributed by atoms with Crippen LogP contribution in [0.15, 0.2) is 43.1 Å². The molecule has 3 rings (SSSR count). The number of fused-ring (bicyclic) bond motifs is 3. The van der Waals surface area contributed by atoms with E-state index in [0.29, 0.717) is 11.3 Å². The van der Waals surface area contributed by atoms with Crippen LogP contribution in [0.1, 0.15) is 0 Å². The molecular formula is C13H11N3S. The maximum absolute atomic E-state index is 5.31. The van der Waals surface area contributed by atoms with Crippen LogP contribution in [0.5, 0.6) is 0 Å². The van der Waals surface area contributed by atoms with Crippen molar-refractivity contribution in [2.45, 2.75) is 6.54 Å². The minimum absolute atomic E-state index is 0.701. The van der Waals surface area contributed by atoms with Crippen LogP contribution in [0.25, 0.3) is 21.9 Å². The Balaban J connectivity index is 2.54. The van der Waals surface area contributed by atoms with Crippen LogP contribution >= 0.6 is 12.2 Å².